The van der Waals surface area contributed by atoms with Gasteiger partial charge in [0.15, 0.2) is 0 Å². The third-order valence-electron chi connectivity index (χ3n) is 3.84. The van der Waals surface area contributed by atoms with Crippen LogP contribution in [0.5, 0.6) is 0 Å². The van der Waals surface area contributed by atoms with Gasteiger partial charge in [0.1, 0.15) is 5.78 Å². The first-order valence-corrected chi connectivity index (χ1v) is 5.09. The molecule has 0 aliphatic heterocycles. The molecular formula is C11H14O. The number of carbonyl (C=O) groups is 1. The standard InChI is InChI=1S/C11H14O/c12-10-6-8-5-7-3-1-2-4-9(7)11(8)10/h4,7-8,11H,1-3,5-6H2/t7-,8+,11-/m0/s1. The fourth-order valence-electron chi connectivity index (χ4n) is 3.25. The van der Waals surface area contributed by atoms with Crippen molar-refractivity contribution in [3.63, 3.8) is 0 Å². The van der Waals surface area contributed by atoms with Crippen LogP contribution in [0.15, 0.2) is 11.6 Å². The summed E-state index contributed by atoms with van der Waals surface area (Å²) in [5.74, 6) is 2.48. The molecule has 0 amide bonds. The first-order valence-electron chi connectivity index (χ1n) is 5.09. The van der Waals surface area contributed by atoms with Gasteiger partial charge in [0.05, 0.1) is 0 Å². The van der Waals surface area contributed by atoms with Crippen LogP contribution in [-0.4, -0.2) is 5.78 Å². The van der Waals surface area contributed by atoms with Gasteiger partial charge < -0.3 is 0 Å². The van der Waals surface area contributed by atoms with Crippen molar-refractivity contribution in [1.82, 2.24) is 0 Å². The molecule has 0 heterocycles. The van der Waals surface area contributed by atoms with Crippen LogP contribution in [0.3, 0.4) is 0 Å². The zero-order valence-electron chi connectivity index (χ0n) is 7.25. The highest BCUT2D eigenvalue weighted by molar-refractivity contribution is 5.91. The number of Topliss-reactive ketones (excluding diaryl/α,β-unsaturated/α-hetero) is 1. The molecule has 0 aromatic heterocycles. The number of allylic oxidation sites excluding steroid dienone is 2. The Kier molecular flexibility index (Phi) is 1.27. The molecule has 0 unspecified atom stereocenters. The first kappa shape index (κ1) is 6.88. The van der Waals surface area contributed by atoms with E-state index in [1.165, 1.54) is 31.3 Å². The Labute approximate surface area is 72.8 Å². The van der Waals surface area contributed by atoms with Gasteiger partial charge in [-0.25, -0.2) is 0 Å². The highest BCUT2D eigenvalue weighted by Crippen LogP contribution is 2.53. The molecule has 3 atom stereocenters. The minimum atomic E-state index is 0.398. The summed E-state index contributed by atoms with van der Waals surface area (Å²) in [6.45, 7) is 0. The molecule has 0 bridgehead atoms. The van der Waals surface area contributed by atoms with Crippen LogP contribution in [0.25, 0.3) is 0 Å². The lowest BCUT2D eigenvalue weighted by Gasteiger charge is -2.29. The van der Waals surface area contributed by atoms with Crippen molar-refractivity contribution in [2.75, 3.05) is 0 Å². The van der Waals surface area contributed by atoms with E-state index in [4.69, 9.17) is 0 Å². The summed E-state index contributed by atoms with van der Waals surface area (Å²) < 4.78 is 0. The summed E-state index contributed by atoms with van der Waals surface area (Å²) in [7, 11) is 0. The summed E-state index contributed by atoms with van der Waals surface area (Å²) in [5, 5.41) is 0. The molecule has 2 fully saturated rings. The van der Waals surface area contributed by atoms with Gasteiger partial charge in [-0.1, -0.05) is 11.6 Å². The van der Waals surface area contributed by atoms with Gasteiger partial charge in [-0.2, -0.15) is 0 Å². The van der Waals surface area contributed by atoms with E-state index in [2.05, 4.69) is 6.08 Å². The van der Waals surface area contributed by atoms with Gasteiger partial charge in [-0.15, -0.1) is 0 Å². The molecule has 1 nitrogen and oxygen atoms in total. The van der Waals surface area contributed by atoms with Crippen LogP contribution in [-0.2, 0) is 4.79 Å². The van der Waals surface area contributed by atoms with Gasteiger partial charge in [0.25, 0.3) is 0 Å². The minimum absolute atomic E-state index is 0.398. The zero-order chi connectivity index (χ0) is 8.13. The lowest BCUT2D eigenvalue weighted by atomic mass is 9.73. The van der Waals surface area contributed by atoms with Gasteiger partial charge in [-0.3, -0.25) is 4.79 Å². The molecular weight excluding hydrogens is 148 g/mol. The number of carbonyl (C=O) groups excluding carboxylic acids is 1. The number of rotatable bonds is 0. The Morgan fingerprint density at radius 1 is 1.42 bits per heavy atom. The average molecular weight is 162 g/mol. The molecule has 64 valence electrons. The molecule has 0 radical (unpaired) electrons. The molecule has 3 rings (SSSR count). The SMILES string of the molecule is O=C1C[C@H]2C[C@@H]3CCCC=C3[C@@H]12. The topological polar surface area (TPSA) is 17.1 Å². The van der Waals surface area contributed by atoms with Crippen molar-refractivity contribution in [3.05, 3.63) is 11.6 Å². The second-order valence-electron chi connectivity index (χ2n) is 4.48. The van der Waals surface area contributed by atoms with Crippen molar-refractivity contribution < 1.29 is 4.79 Å². The first-order chi connectivity index (χ1) is 5.86. The van der Waals surface area contributed by atoms with Gasteiger partial charge in [-0.05, 0) is 37.5 Å². The monoisotopic (exact) mass is 162 g/mol. The fourth-order valence-corrected chi connectivity index (χ4v) is 3.25. The lowest BCUT2D eigenvalue weighted by Crippen LogP contribution is -2.33. The Hall–Kier alpha value is -0.590. The molecule has 3 aliphatic carbocycles. The smallest absolute Gasteiger partial charge is 0.140 e. The van der Waals surface area contributed by atoms with Gasteiger partial charge >= 0.3 is 0 Å². The normalized spacial score (nSPS) is 44.5. The van der Waals surface area contributed by atoms with Crippen molar-refractivity contribution in [2.24, 2.45) is 17.8 Å². The highest BCUT2D eigenvalue weighted by atomic mass is 16.1. The molecule has 0 aromatic rings. The van der Waals surface area contributed by atoms with Gasteiger partial charge in [0.2, 0.25) is 0 Å². The Morgan fingerprint density at radius 3 is 3.17 bits per heavy atom. The summed E-state index contributed by atoms with van der Waals surface area (Å²) >= 11 is 0. The van der Waals surface area contributed by atoms with E-state index in [1.54, 1.807) is 0 Å². The van der Waals surface area contributed by atoms with Crippen molar-refractivity contribution in [1.29, 1.82) is 0 Å². The number of fused-ring (bicyclic) bond motifs is 3. The second-order valence-corrected chi connectivity index (χ2v) is 4.48. The maximum atomic E-state index is 11.3. The van der Waals surface area contributed by atoms with Crippen LogP contribution in [0.4, 0.5) is 0 Å². The van der Waals surface area contributed by atoms with Crippen molar-refractivity contribution in [3.8, 4) is 0 Å². The summed E-state index contributed by atoms with van der Waals surface area (Å²) in [5.41, 5.74) is 1.53. The highest BCUT2D eigenvalue weighted by Gasteiger charge is 2.50. The van der Waals surface area contributed by atoms with E-state index >= 15 is 0 Å². The Balaban J connectivity index is 1.95. The Morgan fingerprint density at radius 2 is 2.33 bits per heavy atom. The molecule has 0 N–H and O–H groups in total. The summed E-state index contributed by atoms with van der Waals surface area (Å²) in [6.07, 6.45) is 8.49. The molecule has 0 aromatic carbocycles. The molecule has 2 saturated carbocycles. The average Bonchev–Trinajstić information content (AvgIpc) is 2.35. The second kappa shape index (κ2) is 2.21. The maximum Gasteiger partial charge on any atom is 0.140 e. The van der Waals surface area contributed by atoms with E-state index < -0.39 is 0 Å². The van der Waals surface area contributed by atoms with Crippen molar-refractivity contribution in [2.45, 2.75) is 32.1 Å². The zero-order valence-corrected chi connectivity index (χ0v) is 7.25. The van der Waals surface area contributed by atoms with E-state index in [-0.39, 0.29) is 0 Å². The molecule has 12 heavy (non-hydrogen) atoms. The predicted molar refractivity (Wildman–Crippen MR) is 46.6 cm³/mol. The molecule has 1 heteroatoms. The van der Waals surface area contributed by atoms with Crippen molar-refractivity contribution >= 4 is 5.78 Å². The third kappa shape index (κ3) is 0.720. The summed E-state index contributed by atoms with van der Waals surface area (Å²) in [6, 6.07) is 0. The van der Waals surface area contributed by atoms with Crippen LogP contribution in [0, 0.1) is 17.8 Å². The van der Waals surface area contributed by atoms with Gasteiger partial charge in [0, 0.05) is 12.3 Å². The van der Waals surface area contributed by atoms with Crippen LogP contribution < -0.4 is 0 Å². The van der Waals surface area contributed by atoms with Crippen LogP contribution in [0.1, 0.15) is 32.1 Å². The Bertz CT molecular complexity index is 264. The summed E-state index contributed by atoms with van der Waals surface area (Å²) in [4.78, 5) is 11.3. The lowest BCUT2D eigenvalue weighted by molar-refractivity contribution is -0.130. The molecule has 0 saturated heterocycles. The molecule has 0 spiro atoms. The van der Waals surface area contributed by atoms with E-state index in [0.29, 0.717) is 11.7 Å². The van der Waals surface area contributed by atoms with Crippen LogP contribution >= 0.6 is 0 Å². The van der Waals surface area contributed by atoms with E-state index in [0.717, 1.165) is 18.3 Å². The maximum absolute atomic E-state index is 11.3. The van der Waals surface area contributed by atoms with E-state index in [9.17, 15) is 4.79 Å². The largest absolute Gasteiger partial charge is 0.299 e. The minimum Gasteiger partial charge on any atom is -0.299 e. The number of ketones is 1. The fraction of sp³-hybridized carbons (Fsp3) is 0.727. The number of hydrogen-bond acceptors (Lipinski definition) is 1. The van der Waals surface area contributed by atoms with Crippen LogP contribution in [0.2, 0.25) is 0 Å². The quantitative estimate of drug-likeness (QED) is 0.499. The molecule has 3 aliphatic rings. The number of hydrogen-bond donors (Lipinski definition) is 0. The predicted octanol–water partition coefficient (Wildman–Crippen LogP) is 2.32. The van der Waals surface area contributed by atoms with E-state index in [1.807, 2.05) is 0 Å². The third-order valence-corrected chi connectivity index (χ3v) is 3.84.